The molecule has 3 fully saturated rings. The number of carbonyl (C=O) groups excluding carboxylic acids is 1. The second-order valence-electron chi connectivity index (χ2n) is 8.61. The molecule has 2 aliphatic heterocycles. The Bertz CT molecular complexity index is 998. The van der Waals surface area contributed by atoms with E-state index in [1.165, 1.54) is 11.8 Å². The predicted octanol–water partition coefficient (Wildman–Crippen LogP) is 5.90. The zero-order valence-electron chi connectivity index (χ0n) is 19.0. The lowest BCUT2D eigenvalue weighted by atomic mass is 9.79. The molecule has 0 aromatic carbocycles. The highest BCUT2D eigenvalue weighted by molar-refractivity contribution is 7.98. The van der Waals surface area contributed by atoms with Gasteiger partial charge in [-0.15, -0.1) is 11.8 Å². The van der Waals surface area contributed by atoms with Gasteiger partial charge in [-0.05, 0) is 40.4 Å². The van der Waals surface area contributed by atoms with E-state index < -0.39 is 11.4 Å². The van der Waals surface area contributed by atoms with Crippen molar-refractivity contribution in [2.75, 3.05) is 18.1 Å². The number of ether oxygens (including phenoxy) is 1. The summed E-state index contributed by atoms with van der Waals surface area (Å²) < 4.78 is 20.1. The maximum atomic E-state index is 14.6. The summed E-state index contributed by atoms with van der Waals surface area (Å²) in [7, 11) is 0. The first-order valence-corrected chi connectivity index (χ1v) is 12.2. The SMILES string of the molecule is CC.CSc1nc2c(F)c(Cl)ncc2c(NC2C3CC2N(C(=O)OC(C)(C)C)C3)c1C. The van der Waals surface area contributed by atoms with Gasteiger partial charge < -0.3 is 15.0 Å². The van der Waals surface area contributed by atoms with E-state index in [0.717, 1.165) is 22.7 Å². The normalized spacial score (nSPS) is 22.0. The summed E-state index contributed by atoms with van der Waals surface area (Å²) in [6.07, 6.45) is 4.12. The number of rotatable bonds is 3. The van der Waals surface area contributed by atoms with Crippen LogP contribution < -0.4 is 5.32 Å². The molecular weight excluding hydrogens is 439 g/mol. The van der Waals surface area contributed by atoms with E-state index in [9.17, 15) is 9.18 Å². The van der Waals surface area contributed by atoms with E-state index in [1.54, 1.807) is 11.1 Å². The van der Waals surface area contributed by atoms with Crippen molar-refractivity contribution in [1.82, 2.24) is 14.9 Å². The molecule has 1 amide bonds. The highest BCUT2D eigenvalue weighted by atomic mass is 35.5. The highest BCUT2D eigenvalue weighted by Crippen LogP contribution is 2.45. The number of carbonyl (C=O) groups is 1. The number of anilines is 1. The topological polar surface area (TPSA) is 67.4 Å². The van der Waals surface area contributed by atoms with Gasteiger partial charge in [0.1, 0.15) is 16.1 Å². The fourth-order valence-electron chi connectivity index (χ4n) is 4.16. The minimum absolute atomic E-state index is 0.0558. The van der Waals surface area contributed by atoms with Gasteiger partial charge in [-0.1, -0.05) is 25.4 Å². The Morgan fingerprint density at radius 3 is 2.68 bits per heavy atom. The molecule has 2 saturated heterocycles. The fraction of sp³-hybridized carbons (Fsp3) is 0.591. The maximum Gasteiger partial charge on any atom is 0.410 e. The standard InChI is InChI=1S/C20H24ClFN4O2S.C2H6/c1-9-14(11-7-23-17(21)13(22)16(11)25-18(9)29-5)24-15-10-6-12(15)26(8-10)19(27)28-20(2,3)4;1-2/h7,10,12,15H,6,8H2,1-5H3,(H,24,25);1-2H3. The Morgan fingerprint density at radius 1 is 1.39 bits per heavy atom. The summed E-state index contributed by atoms with van der Waals surface area (Å²) in [6, 6.07) is 0.139. The van der Waals surface area contributed by atoms with Crippen molar-refractivity contribution >= 4 is 46.0 Å². The number of hydrogen-bond acceptors (Lipinski definition) is 6. The van der Waals surface area contributed by atoms with E-state index in [1.807, 2.05) is 47.8 Å². The summed E-state index contributed by atoms with van der Waals surface area (Å²) in [5, 5.41) is 4.71. The van der Waals surface area contributed by atoms with E-state index in [-0.39, 0.29) is 28.8 Å². The Morgan fingerprint density at radius 2 is 2.06 bits per heavy atom. The molecule has 3 atom stereocenters. The zero-order chi connectivity index (χ0) is 23.1. The predicted molar refractivity (Wildman–Crippen MR) is 125 cm³/mol. The van der Waals surface area contributed by atoms with Crippen LogP contribution in [0.15, 0.2) is 11.2 Å². The number of hydrogen-bond donors (Lipinski definition) is 1. The first-order chi connectivity index (χ1) is 14.6. The van der Waals surface area contributed by atoms with Crippen LogP contribution in [0.25, 0.3) is 10.9 Å². The molecule has 170 valence electrons. The minimum Gasteiger partial charge on any atom is -0.444 e. The second-order valence-corrected chi connectivity index (χ2v) is 9.77. The Balaban J connectivity index is 0.00000132. The van der Waals surface area contributed by atoms with Crippen LogP contribution in [0, 0.1) is 18.7 Å². The van der Waals surface area contributed by atoms with E-state index >= 15 is 0 Å². The molecule has 9 heteroatoms. The molecule has 2 bridgehead atoms. The third-order valence-electron chi connectivity index (χ3n) is 5.56. The quantitative estimate of drug-likeness (QED) is 0.447. The van der Waals surface area contributed by atoms with Crippen LogP contribution >= 0.6 is 23.4 Å². The Hall–Kier alpha value is -1.80. The Kier molecular flexibility index (Phi) is 6.91. The molecule has 1 N–H and O–H groups in total. The van der Waals surface area contributed by atoms with E-state index in [2.05, 4.69) is 15.3 Å². The van der Waals surface area contributed by atoms with Crippen LogP contribution in [0.3, 0.4) is 0 Å². The van der Waals surface area contributed by atoms with Gasteiger partial charge >= 0.3 is 6.09 Å². The molecule has 1 saturated carbocycles. The van der Waals surface area contributed by atoms with Crippen molar-refractivity contribution < 1.29 is 13.9 Å². The number of pyridine rings is 2. The molecule has 0 spiro atoms. The molecule has 31 heavy (non-hydrogen) atoms. The molecule has 3 aliphatic rings. The van der Waals surface area contributed by atoms with Gasteiger partial charge in [-0.2, -0.15) is 0 Å². The van der Waals surface area contributed by atoms with Crippen LogP contribution in [0.4, 0.5) is 14.9 Å². The smallest absolute Gasteiger partial charge is 0.410 e. The number of fused-ring (bicyclic) bond motifs is 2. The summed E-state index contributed by atoms with van der Waals surface area (Å²) in [5.41, 5.74) is 1.41. The average molecular weight is 469 g/mol. The van der Waals surface area contributed by atoms with Crippen molar-refractivity contribution in [3.05, 3.63) is 22.7 Å². The van der Waals surface area contributed by atoms with Crippen LogP contribution in [0.2, 0.25) is 5.15 Å². The van der Waals surface area contributed by atoms with Gasteiger partial charge in [-0.25, -0.2) is 19.2 Å². The molecule has 4 heterocycles. The zero-order valence-corrected chi connectivity index (χ0v) is 20.6. The van der Waals surface area contributed by atoms with E-state index in [4.69, 9.17) is 16.3 Å². The lowest BCUT2D eigenvalue weighted by molar-refractivity contribution is 0.0239. The number of aromatic nitrogens is 2. The number of amides is 1. The van der Waals surface area contributed by atoms with E-state index in [0.29, 0.717) is 17.8 Å². The van der Waals surface area contributed by atoms with Gasteiger partial charge in [0.05, 0.1) is 17.8 Å². The second kappa shape index (κ2) is 8.98. The van der Waals surface area contributed by atoms with Crippen LogP contribution in [0.1, 0.15) is 46.6 Å². The summed E-state index contributed by atoms with van der Waals surface area (Å²) in [5.74, 6) is -0.285. The maximum absolute atomic E-state index is 14.6. The number of halogens is 2. The molecule has 2 aromatic rings. The minimum atomic E-state index is -0.616. The molecule has 2 aromatic heterocycles. The molecule has 3 unspecified atom stereocenters. The first kappa shape index (κ1) is 23.9. The number of nitrogens with one attached hydrogen (secondary N) is 1. The molecular formula is C22H30ClFN4O2S. The monoisotopic (exact) mass is 468 g/mol. The Labute approximate surface area is 192 Å². The summed E-state index contributed by atoms with van der Waals surface area (Å²) in [6.45, 7) is 12.2. The third-order valence-corrected chi connectivity index (χ3v) is 6.61. The van der Waals surface area contributed by atoms with Crippen molar-refractivity contribution in [3.63, 3.8) is 0 Å². The lowest BCUT2D eigenvalue weighted by Gasteiger charge is -2.38. The van der Waals surface area contributed by atoms with Gasteiger partial charge in [-0.3, -0.25) is 0 Å². The highest BCUT2D eigenvalue weighted by Gasteiger charge is 2.55. The lowest BCUT2D eigenvalue weighted by Crippen LogP contribution is -2.50. The average Bonchev–Trinajstić information content (AvgIpc) is 3.30. The number of thioether (sulfide) groups is 1. The summed E-state index contributed by atoms with van der Waals surface area (Å²) in [4.78, 5) is 22.8. The van der Waals surface area contributed by atoms with Crippen LogP contribution in [0.5, 0.6) is 0 Å². The van der Waals surface area contributed by atoms with Crippen molar-refractivity contribution in [2.24, 2.45) is 5.92 Å². The molecule has 1 aliphatic carbocycles. The third kappa shape index (κ3) is 4.42. The largest absolute Gasteiger partial charge is 0.444 e. The van der Waals surface area contributed by atoms with Crippen molar-refractivity contribution in [3.8, 4) is 0 Å². The fourth-order valence-corrected chi connectivity index (χ4v) is 4.89. The molecule has 0 radical (unpaired) electrons. The first-order valence-electron chi connectivity index (χ1n) is 10.5. The van der Waals surface area contributed by atoms with Crippen LogP contribution in [-0.4, -0.2) is 51.4 Å². The molecule has 6 nitrogen and oxygen atoms in total. The van der Waals surface area contributed by atoms with Crippen LogP contribution in [-0.2, 0) is 4.74 Å². The van der Waals surface area contributed by atoms with Gasteiger partial charge in [0.25, 0.3) is 0 Å². The number of nitrogens with zero attached hydrogens (tertiary/aromatic N) is 3. The molecule has 5 rings (SSSR count). The van der Waals surface area contributed by atoms with Gasteiger partial charge in [0, 0.05) is 29.6 Å². The van der Waals surface area contributed by atoms with Crippen molar-refractivity contribution in [1.29, 1.82) is 0 Å². The van der Waals surface area contributed by atoms with Gasteiger partial charge in [0.2, 0.25) is 0 Å². The van der Waals surface area contributed by atoms with Crippen molar-refractivity contribution in [2.45, 2.75) is 70.7 Å². The van der Waals surface area contributed by atoms with Gasteiger partial charge in [0.15, 0.2) is 11.0 Å². The summed E-state index contributed by atoms with van der Waals surface area (Å²) >= 11 is 7.33.